The molecule has 1 aromatic heterocycles. The second-order valence-corrected chi connectivity index (χ2v) is 8.97. The van der Waals surface area contributed by atoms with Crippen LogP contribution in [-0.4, -0.2) is 88.8 Å². The van der Waals surface area contributed by atoms with Crippen molar-refractivity contribution in [3.63, 3.8) is 0 Å². The van der Waals surface area contributed by atoms with Crippen LogP contribution in [0.15, 0.2) is 12.1 Å². The van der Waals surface area contributed by atoms with Gasteiger partial charge < -0.3 is 25.2 Å². The number of aliphatic hydroxyl groups is 1. The topological polar surface area (TPSA) is 127 Å². The number of aliphatic hydroxyl groups excluding tert-OH is 1. The molecule has 4 N–H and O–H groups in total. The van der Waals surface area contributed by atoms with Crippen LogP contribution in [0, 0.1) is 11.6 Å². The van der Waals surface area contributed by atoms with E-state index in [1.807, 2.05) is 0 Å². The Bertz CT molecular complexity index is 1040. The molecule has 1 aromatic carbocycles. The Morgan fingerprint density at radius 3 is 2.49 bits per heavy atom. The lowest BCUT2D eigenvalue weighted by molar-refractivity contribution is 0.0693. The molecule has 192 valence electrons. The smallest absolute Gasteiger partial charge is 0.344 e. The zero-order valence-corrected chi connectivity index (χ0v) is 20.3. The minimum atomic E-state index is -1.40. The summed E-state index contributed by atoms with van der Waals surface area (Å²) in [5, 5.41) is 23.2. The SMILES string of the molecule is O=C(NCCCN1CCN(CCO)CC1)Nc1snc(OCc2cc(F)c(Cl)cc2F)c1C(=O)O. The highest BCUT2D eigenvalue weighted by Gasteiger charge is 2.24. The second-order valence-electron chi connectivity index (χ2n) is 7.78. The van der Waals surface area contributed by atoms with Gasteiger partial charge >= 0.3 is 12.0 Å². The number of β-amino-alcohol motifs (C(OH)–C–C–N with tert-alkyl or cyclic N) is 1. The van der Waals surface area contributed by atoms with Crippen molar-refractivity contribution in [3.05, 3.63) is 39.9 Å². The Balaban J connectivity index is 1.47. The van der Waals surface area contributed by atoms with Crippen LogP contribution >= 0.6 is 23.1 Å². The molecule has 0 unspecified atom stereocenters. The fraction of sp³-hybridized carbons (Fsp3) is 0.476. The Morgan fingerprint density at radius 2 is 1.83 bits per heavy atom. The molecule has 0 aliphatic carbocycles. The Kier molecular flexibility index (Phi) is 9.98. The highest BCUT2D eigenvalue weighted by Crippen LogP contribution is 2.31. The number of aromatic carboxylic acids is 1. The quantitative estimate of drug-likeness (QED) is 0.256. The molecule has 0 radical (unpaired) electrons. The summed E-state index contributed by atoms with van der Waals surface area (Å²) in [7, 11) is 0. The molecular weight excluding hydrogens is 508 g/mol. The number of anilines is 1. The van der Waals surface area contributed by atoms with E-state index in [1.165, 1.54) is 0 Å². The second kappa shape index (κ2) is 12.9. The molecule has 0 bridgehead atoms. The lowest BCUT2D eigenvalue weighted by Gasteiger charge is -2.34. The van der Waals surface area contributed by atoms with Crippen LogP contribution < -0.4 is 15.4 Å². The molecule has 0 saturated carbocycles. The van der Waals surface area contributed by atoms with Gasteiger partial charge in [0.15, 0.2) is 5.56 Å². The van der Waals surface area contributed by atoms with Gasteiger partial charge in [-0.05, 0) is 36.6 Å². The number of benzene rings is 1. The van der Waals surface area contributed by atoms with Gasteiger partial charge in [-0.25, -0.2) is 18.4 Å². The van der Waals surface area contributed by atoms with Gasteiger partial charge in [0.2, 0.25) is 5.88 Å². The van der Waals surface area contributed by atoms with Crippen LogP contribution in [-0.2, 0) is 6.61 Å². The van der Waals surface area contributed by atoms with Gasteiger partial charge in [-0.15, -0.1) is 0 Å². The minimum Gasteiger partial charge on any atom is -0.477 e. The molecule has 2 heterocycles. The average Bonchev–Trinajstić information content (AvgIpc) is 3.22. The van der Waals surface area contributed by atoms with E-state index in [0.717, 1.165) is 44.9 Å². The summed E-state index contributed by atoms with van der Waals surface area (Å²) in [5.41, 5.74) is -0.556. The molecule has 0 atom stereocenters. The summed E-state index contributed by atoms with van der Waals surface area (Å²) in [6.45, 7) is 5.09. The highest BCUT2D eigenvalue weighted by atomic mass is 35.5. The molecule has 35 heavy (non-hydrogen) atoms. The lowest BCUT2D eigenvalue weighted by Crippen LogP contribution is -2.47. The van der Waals surface area contributed by atoms with Crippen molar-refractivity contribution in [3.8, 4) is 5.88 Å². The third kappa shape index (κ3) is 7.70. The lowest BCUT2D eigenvalue weighted by atomic mass is 10.2. The number of carboxylic acid groups (broad SMARTS) is 1. The van der Waals surface area contributed by atoms with E-state index in [4.69, 9.17) is 21.4 Å². The number of halogens is 3. The van der Waals surface area contributed by atoms with Crippen molar-refractivity contribution in [2.45, 2.75) is 13.0 Å². The fourth-order valence-electron chi connectivity index (χ4n) is 3.50. The predicted molar refractivity (Wildman–Crippen MR) is 126 cm³/mol. The number of nitrogens with one attached hydrogen (secondary N) is 2. The van der Waals surface area contributed by atoms with Gasteiger partial charge in [0.1, 0.15) is 23.2 Å². The fourth-order valence-corrected chi connectivity index (χ4v) is 4.37. The summed E-state index contributed by atoms with van der Waals surface area (Å²) >= 11 is 6.22. The Labute approximate surface area is 209 Å². The van der Waals surface area contributed by atoms with Gasteiger partial charge in [-0.2, -0.15) is 4.37 Å². The number of carbonyl (C=O) groups is 2. The number of ether oxygens (including phenoxy) is 1. The zero-order chi connectivity index (χ0) is 25.4. The first-order valence-corrected chi connectivity index (χ1v) is 12.0. The highest BCUT2D eigenvalue weighted by molar-refractivity contribution is 7.11. The summed E-state index contributed by atoms with van der Waals surface area (Å²) < 4.78 is 36.7. The van der Waals surface area contributed by atoms with Crippen molar-refractivity contribution in [1.29, 1.82) is 0 Å². The number of urea groups is 1. The Hall–Kier alpha value is -2.58. The number of hydrogen-bond acceptors (Lipinski definition) is 8. The van der Waals surface area contributed by atoms with E-state index in [0.29, 0.717) is 31.0 Å². The molecule has 2 amide bonds. The van der Waals surface area contributed by atoms with Gasteiger partial charge in [0.05, 0.1) is 11.6 Å². The zero-order valence-electron chi connectivity index (χ0n) is 18.7. The number of hydrogen-bond donors (Lipinski definition) is 4. The van der Waals surface area contributed by atoms with Crippen LogP contribution in [0.1, 0.15) is 22.3 Å². The normalized spacial score (nSPS) is 14.6. The number of carbonyl (C=O) groups excluding carboxylic acids is 1. The number of aromatic nitrogens is 1. The monoisotopic (exact) mass is 533 g/mol. The average molecular weight is 534 g/mol. The number of nitrogens with zero attached hydrogens (tertiary/aromatic N) is 3. The van der Waals surface area contributed by atoms with Gasteiger partial charge in [-0.3, -0.25) is 10.2 Å². The third-order valence-electron chi connectivity index (χ3n) is 5.37. The molecule has 1 fully saturated rings. The number of piperazine rings is 1. The number of carboxylic acids is 1. The standard InChI is InChI=1S/C21H26ClF2N5O5S/c22-14-11-15(23)13(10-16(14)24)12-34-18-17(20(31)32)19(35-27-18)26-21(33)25-2-1-3-28-4-6-29(7-5-28)8-9-30/h10-11,30H,1-9,12H2,(H,31,32)(H2,25,26,33). The van der Waals surface area contributed by atoms with Crippen LogP contribution in [0.5, 0.6) is 5.88 Å². The molecule has 10 nitrogen and oxygen atoms in total. The predicted octanol–water partition coefficient (Wildman–Crippen LogP) is 2.47. The first-order chi connectivity index (χ1) is 16.8. The van der Waals surface area contributed by atoms with E-state index in [1.54, 1.807) is 0 Å². The van der Waals surface area contributed by atoms with Crippen molar-refractivity contribution in [1.82, 2.24) is 19.5 Å². The van der Waals surface area contributed by atoms with Gasteiger partial charge in [0.25, 0.3) is 0 Å². The van der Waals surface area contributed by atoms with Crippen LogP contribution in [0.25, 0.3) is 0 Å². The number of amides is 2. The largest absolute Gasteiger partial charge is 0.477 e. The van der Waals surface area contributed by atoms with E-state index < -0.39 is 30.2 Å². The van der Waals surface area contributed by atoms with E-state index in [2.05, 4.69) is 24.8 Å². The van der Waals surface area contributed by atoms with Crippen molar-refractivity contribution in [2.24, 2.45) is 0 Å². The maximum atomic E-state index is 13.9. The third-order valence-corrected chi connectivity index (χ3v) is 6.41. The van der Waals surface area contributed by atoms with Crippen molar-refractivity contribution >= 4 is 40.1 Å². The molecule has 14 heteroatoms. The van der Waals surface area contributed by atoms with Crippen LogP contribution in [0.3, 0.4) is 0 Å². The van der Waals surface area contributed by atoms with Crippen LogP contribution in [0.4, 0.5) is 18.6 Å². The minimum absolute atomic E-state index is 0.0484. The van der Waals surface area contributed by atoms with E-state index in [9.17, 15) is 23.5 Å². The Morgan fingerprint density at radius 1 is 1.14 bits per heavy atom. The van der Waals surface area contributed by atoms with Gasteiger partial charge in [-0.1, -0.05) is 11.6 Å². The number of rotatable bonds is 11. The summed E-state index contributed by atoms with van der Waals surface area (Å²) in [5.74, 6) is -3.38. The maximum Gasteiger partial charge on any atom is 0.344 e. The van der Waals surface area contributed by atoms with Gasteiger partial charge in [0, 0.05) is 44.8 Å². The molecule has 3 rings (SSSR count). The van der Waals surface area contributed by atoms with E-state index >= 15 is 0 Å². The molecule has 1 saturated heterocycles. The van der Waals surface area contributed by atoms with Crippen molar-refractivity contribution in [2.75, 3.05) is 57.7 Å². The summed E-state index contributed by atoms with van der Waals surface area (Å²) in [6, 6.07) is 1.05. The molecule has 2 aromatic rings. The molecular formula is C21H26ClF2N5O5S. The molecule has 1 aliphatic rings. The summed E-state index contributed by atoms with van der Waals surface area (Å²) in [6.07, 6.45) is 0.708. The summed E-state index contributed by atoms with van der Waals surface area (Å²) in [4.78, 5) is 28.4. The van der Waals surface area contributed by atoms with E-state index in [-0.39, 0.29) is 33.6 Å². The first kappa shape index (κ1) is 27.0. The maximum absolute atomic E-state index is 13.9. The molecule has 1 aliphatic heterocycles. The first-order valence-electron chi connectivity index (χ1n) is 10.9. The molecule has 0 spiro atoms. The van der Waals surface area contributed by atoms with Crippen molar-refractivity contribution < 1.29 is 33.3 Å². The van der Waals surface area contributed by atoms with Crippen LogP contribution in [0.2, 0.25) is 5.02 Å².